The standard InChI is InChI=1S/C24H34N2O/c1-3-8-21(27)15-26-16-24(17-26)13-20(14-24)25-23-12-22(23)19(4-2)11-18-9-6-5-7-10-18/h5-7,9-11,20,22-23,25H,3-4,8,12-17H2,1-2H3/b19-11+/t22-,23+/m0/s1. The van der Waals surface area contributed by atoms with Gasteiger partial charge in [0.2, 0.25) is 0 Å². The number of carbonyl (C=O) groups is 1. The Morgan fingerprint density at radius 3 is 2.63 bits per heavy atom. The fourth-order valence-corrected chi connectivity index (χ4v) is 5.31. The first-order valence-corrected chi connectivity index (χ1v) is 10.9. The second-order valence-corrected chi connectivity index (χ2v) is 9.14. The Labute approximate surface area is 164 Å². The molecular formula is C24H34N2O. The van der Waals surface area contributed by atoms with Crippen LogP contribution in [0.3, 0.4) is 0 Å². The van der Waals surface area contributed by atoms with Gasteiger partial charge < -0.3 is 5.32 Å². The number of hydrogen-bond acceptors (Lipinski definition) is 3. The second-order valence-electron chi connectivity index (χ2n) is 9.14. The van der Waals surface area contributed by atoms with Gasteiger partial charge in [-0.2, -0.15) is 0 Å². The first-order valence-electron chi connectivity index (χ1n) is 10.9. The maximum Gasteiger partial charge on any atom is 0.146 e. The largest absolute Gasteiger partial charge is 0.311 e. The van der Waals surface area contributed by atoms with Crippen LogP contribution in [0.2, 0.25) is 0 Å². The molecule has 0 amide bonds. The fraction of sp³-hybridized carbons (Fsp3) is 0.625. The summed E-state index contributed by atoms with van der Waals surface area (Å²) < 4.78 is 0. The SMILES string of the molecule is CCCC(=O)CN1CC2(CC(N[C@@H]3C[C@H]3/C(=C/c3ccccc3)CC)C2)C1. The number of nitrogens with zero attached hydrogens (tertiary/aromatic N) is 1. The molecule has 1 N–H and O–H groups in total. The van der Waals surface area contributed by atoms with E-state index in [0.717, 1.165) is 38.3 Å². The van der Waals surface area contributed by atoms with E-state index in [1.807, 2.05) is 0 Å². The molecular weight excluding hydrogens is 332 g/mol. The van der Waals surface area contributed by atoms with Gasteiger partial charge in [-0.3, -0.25) is 9.69 Å². The molecule has 2 aliphatic carbocycles. The lowest BCUT2D eigenvalue weighted by Crippen LogP contribution is -2.66. The number of carbonyl (C=O) groups excluding carboxylic acids is 1. The monoisotopic (exact) mass is 366 g/mol. The third kappa shape index (κ3) is 4.35. The molecule has 3 fully saturated rings. The third-order valence-corrected chi connectivity index (χ3v) is 6.68. The minimum absolute atomic E-state index is 0.416. The molecule has 2 atom stereocenters. The van der Waals surface area contributed by atoms with Crippen LogP contribution in [-0.2, 0) is 4.79 Å². The summed E-state index contributed by atoms with van der Waals surface area (Å²) in [7, 11) is 0. The van der Waals surface area contributed by atoms with E-state index in [0.29, 0.717) is 29.8 Å². The van der Waals surface area contributed by atoms with Crippen molar-refractivity contribution in [1.82, 2.24) is 10.2 Å². The predicted molar refractivity (Wildman–Crippen MR) is 112 cm³/mol. The average Bonchev–Trinajstić information content (AvgIpc) is 3.36. The molecule has 146 valence electrons. The smallest absolute Gasteiger partial charge is 0.146 e. The lowest BCUT2D eigenvalue weighted by molar-refractivity contribution is -0.128. The molecule has 1 spiro atoms. The predicted octanol–water partition coefficient (Wildman–Crippen LogP) is 4.29. The summed E-state index contributed by atoms with van der Waals surface area (Å²) in [6.45, 7) is 7.33. The van der Waals surface area contributed by atoms with Crippen LogP contribution in [0.1, 0.15) is 57.9 Å². The summed E-state index contributed by atoms with van der Waals surface area (Å²) in [4.78, 5) is 14.1. The Kier molecular flexibility index (Phi) is 5.52. The van der Waals surface area contributed by atoms with E-state index in [2.05, 4.69) is 60.5 Å². The van der Waals surface area contributed by atoms with Crippen molar-refractivity contribution in [3.8, 4) is 0 Å². The van der Waals surface area contributed by atoms with Crippen molar-refractivity contribution in [2.24, 2.45) is 11.3 Å². The van der Waals surface area contributed by atoms with Gasteiger partial charge in [-0.1, -0.05) is 55.8 Å². The molecule has 2 saturated carbocycles. The first-order chi connectivity index (χ1) is 13.1. The lowest BCUT2D eigenvalue weighted by atomic mass is 9.60. The zero-order valence-electron chi connectivity index (χ0n) is 16.9. The van der Waals surface area contributed by atoms with Gasteiger partial charge in [-0.15, -0.1) is 0 Å². The van der Waals surface area contributed by atoms with Crippen LogP contribution in [0.25, 0.3) is 6.08 Å². The molecule has 3 aliphatic rings. The molecule has 1 aromatic carbocycles. The van der Waals surface area contributed by atoms with Crippen LogP contribution in [0.15, 0.2) is 35.9 Å². The van der Waals surface area contributed by atoms with Gasteiger partial charge in [0, 0.05) is 31.6 Å². The maximum absolute atomic E-state index is 11.8. The Hall–Kier alpha value is -1.45. The van der Waals surface area contributed by atoms with Crippen molar-refractivity contribution >= 4 is 11.9 Å². The van der Waals surface area contributed by atoms with Gasteiger partial charge in [0.05, 0.1) is 6.54 Å². The fourth-order valence-electron chi connectivity index (χ4n) is 5.31. The molecule has 27 heavy (non-hydrogen) atoms. The van der Waals surface area contributed by atoms with Crippen molar-refractivity contribution in [3.63, 3.8) is 0 Å². The Balaban J connectivity index is 1.19. The number of benzene rings is 1. The number of ketones is 1. The van der Waals surface area contributed by atoms with Crippen molar-refractivity contribution < 1.29 is 4.79 Å². The summed E-state index contributed by atoms with van der Waals surface area (Å²) in [5, 5.41) is 3.91. The maximum atomic E-state index is 11.8. The Morgan fingerprint density at radius 2 is 1.96 bits per heavy atom. The zero-order chi connectivity index (χ0) is 18.9. The van der Waals surface area contributed by atoms with Crippen LogP contribution in [0.5, 0.6) is 0 Å². The van der Waals surface area contributed by atoms with Gasteiger partial charge in [0.1, 0.15) is 5.78 Å². The van der Waals surface area contributed by atoms with Crippen LogP contribution >= 0.6 is 0 Å². The minimum Gasteiger partial charge on any atom is -0.311 e. The van der Waals surface area contributed by atoms with Crippen LogP contribution in [-0.4, -0.2) is 42.4 Å². The van der Waals surface area contributed by atoms with Crippen molar-refractivity contribution in [1.29, 1.82) is 0 Å². The highest BCUT2D eigenvalue weighted by molar-refractivity contribution is 5.80. The highest BCUT2D eigenvalue weighted by Gasteiger charge is 2.53. The molecule has 3 heteroatoms. The van der Waals surface area contributed by atoms with Crippen LogP contribution < -0.4 is 5.32 Å². The molecule has 1 aromatic rings. The van der Waals surface area contributed by atoms with Gasteiger partial charge in [0.15, 0.2) is 0 Å². The first kappa shape index (κ1) is 18.9. The summed E-state index contributed by atoms with van der Waals surface area (Å²) in [6.07, 6.45) is 9.17. The Bertz CT molecular complexity index is 682. The normalized spacial score (nSPS) is 27.3. The van der Waals surface area contributed by atoms with Crippen molar-refractivity contribution in [2.45, 2.75) is 64.5 Å². The number of Topliss-reactive ketones (excluding diaryl/α,β-unsaturated/α-hetero) is 1. The van der Waals surface area contributed by atoms with E-state index in [9.17, 15) is 4.79 Å². The van der Waals surface area contributed by atoms with E-state index < -0.39 is 0 Å². The second kappa shape index (κ2) is 7.89. The number of hydrogen-bond donors (Lipinski definition) is 1. The summed E-state index contributed by atoms with van der Waals surface area (Å²) in [6, 6.07) is 12.1. The molecule has 3 nitrogen and oxygen atoms in total. The van der Waals surface area contributed by atoms with Gasteiger partial charge in [-0.05, 0) is 49.0 Å². The Morgan fingerprint density at radius 1 is 1.22 bits per heavy atom. The topological polar surface area (TPSA) is 32.3 Å². The molecule has 0 aromatic heterocycles. The van der Waals surface area contributed by atoms with E-state index >= 15 is 0 Å². The summed E-state index contributed by atoms with van der Waals surface area (Å²) in [5.74, 6) is 1.15. The molecule has 0 unspecified atom stereocenters. The van der Waals surface area contributed by atoms with Gasteiger partial charge >= 0.3 is 0 Å². The van der Waals surface area contributed by atoms with Gasteiger partial charge in [0.25, 0.3) is 0 Å². The van der Waals surface area contributed by atoms with E-state index in [4.69, 9.17) is 0 Å². The molecule has 1 heterocycles. The number of rotatable bonds is 9. The molecule has 0 bridgehead atoms. The summed E-state index contributed by atoms with van der Waals surface area (Å²) >= 11 is 0. The quantitative estimate of drug-likeness (QED) is 0.707. The van der Waals surface area contributed by atoms with E-state index in [-0.39, 0.29) is 0 Å². The van der Waals surface area contributed by atoms with Crippen molar-refractivity contribution in [2.75, 3.05) is 19.6 Å². The molecule has 1 aliphatic heterocycles. The van der Waals surface area contributed by atoms with Crippen molar-refractivity contribution in [3.05, 3.63) is 41.5 Å². The molecule has 0 radical (unpaired) electrons. The minimum atomic E-state index is 0.416. The summed E-state index contributed by atoms with van der Waals surface area (Å²) in [5.41, 5.74) is 3.45. The van der Waals surface area contributed by atoms with Gasteiger partial charge in [-0.25, -0.2) is 0 Å². The molecule has 4 rings (SSSR count). The molecule has 1 saturated heterocycles. The average molecular weight is 367 g/mol. The van der Waals surface area contributed by atoms with E-state index in [1.165, 1.54) is 24.8 Å². The number of likely N-dealkylation sites (tertiary alicyclic amines) is 1. The zero-order valence-corrected chi connectivity index (χ0v) is 16.9. The highest BCUT2D eigenvalue weighted by Crippen LogP contribution is 2.50. The lowest BCUT2D eigenvalue weighted by Gasteiger charge is -2.59. The van der Waals surface area contributed by atoms with Crippen LogP contribution in [0, 0.1) is 11.3 Å². The third-order valence-electron chi connectivity index (χ3n) is 6.68. The van der Waals surface area contributed by atoms with Crippen LogP contribution in [0.4, 0.5) is 0 Å². The van der Waals surface area contributed by atoms with E-state index in [1.54, 1.807) is 5.57 Å². The number of nitrogens with one attached hydrogen (secondary N) is 1. The highest BCUT2D eigenvalue weighted by atomic mass is 16.1.